The second kappa shape index (κ2) is 13.5. The van der Waals surface area contributed by atoms with Crippen LogP contribution in [0.2, 0.25) is 10.0 Å². The van der Waals surface area contributed by atoms with Crippen LogP contribution in [-0.4, -0.2) is 50.0 Å². The molecule has 2 rings (SSSR count). The second-order valence-electron chi connectivity index (χ2n) is 9.45. The highest BCUT2D eigenvalue weighted by Gasteiger charge is 2.33. The van der Waals surface area contributed by atoms with Crippen molar-refractivity contribution in [2.24, 2.45) is 0 Å². The summed E-state index contributed by atoms with van der Waals surface area (Å²) < 4.78 is 26.9. The highest BCUT2D eigenvalue weighted by Crippen LogP contribution is 2.30. The number of nitrogens with one attached hydrogen (secondary N) is 1. The number of sulfonamides is 1. The minimum Gasteiger partial charge on any atom is -0.352 e. The van der Waals surface area contributed by atoms with E-state index < -0.39 is 28.5 Å². The summed E-state index contributed by atoms with van der Waals surface area (Å²) in [6.45, 7) is 9.03. The van der Waals surface area contributed by atoms with E-state index in [1.807, 2.05) is 39.8 Å². The Labute approximate surface area is 231 Å². The molecule has 0 radical (unpaired) electrons. The quantitative estimate of drug-likeness (QED) is 0.360. The first-order valence-electron chi connectivity index (χ1n) is 12.4. The summed E-state index contributed by atoms with van der Waals surface area (Å²) >= 11 is 12.8. The minimum atomic E-state index is -3.83. The molecule has 0 spiro atoms. The molecule has 0 heterocycles. The van der Waals surface area contributed by atoms with Crippen molar-refractivity contribution in [3.8, 4) is 0 Å². The SMILES string of the molecule is CCC(C)NC(=O)C(CC)N(Cc1c(Cl)cccc1Cl)C(=O)CN(c1ccccc1C(C)C)S(C)(=O)=O. The Kier molecular flexibility index (Phi) is 11.3. The number of halogens is 2. The van der Waals surface area contributed by atoms with Crippen molar-refractivity contribution < 1.29 is 18.0 Å². The van der Waals surface area contributed by atoms with Crippen molar-refractivity contribution in [2.45, 2.75) is 72.0 Å². The number of hydrogen-bond donors (Lipinski definition) is 1. The van der Waals surface area contributed by atoms with Crippen molar-refractivity contribution in [3.05, 3.63) is 63.6 Å². The zero-order valence-corrected chi connectivity index (χ0v) is 24.6. The van der Waals surface area contributed by atoms with Crippen LogP contribution in [0.15, 0.2) is 42.5 Å². The molecule has 2 atom stereocenters. The summed E-state index contributed by atoms with van der Waals surface area (Å²) in [5.74, 6) is -0.828. The van der Waals surface area contributed by atoms with Crippen LogP contribution >= 0.6 is 23.2 Å². The molecule has 0 bridgehead atoms. The lowest BCUT2D eigenvalue weighted by Crippen LogP contribution is -2.53. The molecule has 0 fully saturated rings. The van der Waals surface area contributed by atoms with Crippen molar-refractivity contribution in [1.82, 2.24) is 10.2 Å². The Hall–Kier alpha value is -2.29. The van der Waals surface area contributed by atoms with Gasteiger partial charge in [-0.2, -0.15) is 0 Å². The van der Waals surface area contributed by atoms with Crippen LogP contribution in [0.5, 0.6) is 0 Å². The molecule has 0 aromatic heterocycles. The average molecular weight is 571 g/mol. The summed E-state index contributed by atoms with van der Waals surface area (Å²) in [5.41, 5.74) is 1.71. The Balaban J connectivity index is 2.57. The smallest absolute Gasteiger partial charge is 0.244 e. The van der Waals surface area contributed by atoms with Gasteiger partial charge in [-0.3, -0.25) is 13.9 Å². The van der Waals surface area contributed by atoms with Gasteiger partial charge in [0, 0.05) is 28.2 Å². The van der Waals surface area contributed by atoms with Gasteiger partial charge in [0.2, 0.25) is 21.8 Å². The first-order valence-corrected chi connectivity index (χ1v) is 15.0. The van der Waals surface area contributed by atoms with E-state index in [0.29, 0.717) is 27.7 Å². The van der Waals surface area contributed by atoms with Gasteiger partial charge >= 0.3 is 0 Å². The van der Waals surface area contributed by atoms with Crippen molar-refractivity contribution >= 4 is 50.7 Å². The third kappa shape index (κ3) is 8.09. The van der Waals surface area contributed by atoms with Gasteiger partial charge in [0.05, 0.1) is 11.9 Å². The molecule has 0 aliphatic heterocycles. The summed E-state index contributed by atoms with van der Waals surface area (Å²) in [6, 6.07) is 11.2. The average Bonchev–Trinajstić information content (AvgIpc) is 2.83. The van der Waals surface area contributed by atoms with Crippen LogP contribution in [0.25, 0.3) is 0 Å². The van der Waals surface area contributed by atoms with E-state index in [1.54, 1.807) is 37.3 Å². The number of para-hydroxylation sites is 1. The second-order valence-corrected chi connectivity index (χ2v) is 12.2. The fourth-order valence-corrected chi connectivity index (χ4v) is 5.40. The molecule has 0 aliphatic rings. The maximum atomic E-state index is 13.9. The molecule has 1 N–H and O–H groups in total. The van der Waals surface area contributed by atoms with Crippen LogP contribution in [0.1, 0.15) is 64.5 Å². The van der Waals surface area contributed by atoms with E-state index >= 15 is 0 Å². The molecular formula is C27H37Cl2N3O4S. The monoisotopic (exact) mass is 569 g/mol. The predicted octanol–water partition coefficient (Wildman–Crippen LogP) is 5.60. The zero-order chi connectivity index (χ0) is 27.9. The molecule has 204 valence electrons. The predicted molar refractivity (Wildman–Crippen MR) is 152 cm³/mol. The Morgan fingerprint density at radius 2 is 1.54 bits per heavy atom. The summed E-state index contributed by atoms with van der Waals surface area (Å²) in [4.78, 5) is 28.5. The van der Waals surface area contributed by atoms with Gasteiger partial charge in [-0.15, -0.1) is 0 Å². The van der Waals surface area contributed by atoms with Crippen molar-refractivity contribution in [1.29, 1.82) is 0 Å². The van der Waals surface area contributed by atoms with Gasteiger partial charge in [0.1, 0.15) is 12.6 Å². The zero-order valence-electron chi connectivity index (χ0n) is 22.3. The normalized spacial score (nSPS) is 13.2. The topological polar surface area (TPSA) is 86.8 Å². The molecule has 0 saturated heterocycles. The number of nitrogens with zero attached hydrogens (tertiary/aromatic N) is 2. The number of carbonyl (C=O) groups excluding carboxylic acids is 2. The highest BCUT2D eigenvalue weighted by atomic mass is 35.5. The van der Waals surface area contributed by atoms with E-state index in [-0.39, 0.29) is 24.4 Å². The molecule has 2 aromatic rings. The maximum Gasteiger partial charge on any atom is 0.244 e. The lowest BCUT2D eigenvalue weighted by atomic mass is 10.0. The number of hydrogen-bond acceptors (Lipinski definition) is 4. The van der Waals surface area contributed by atoms with E-state index in [2.05, 4.69) is 5.32 Å². The minimum absolute atomic E-state index is 0.0262. The highest BCUT2D eigenvalue weighted by molar-refractivity contribution is 7.92. The summed E-state index contributed by atoms with van der Waals surface area (Å²) in [6.07, 6.45) is 2.11. The van der Waals surface area contributed by atoms with Crippen molar-refractivity contribution in [2.75, 3.05) is 17.1 Å². The van der Waals surface area contributed by atoms with Crippen LogP contribution in [-0.2, 0) is 26.2 Å². The Morgan fingerprint density at radius 1 is 0.946 bits per heavy atom. The largest absolute Gasteiger partial charge is 0.352 e. The Bertz CT molecular complexity index is 1180. The van der Waals surface area contributed by atoms with Crippen LogP contribution in [0.4, 0.5) is 5.69 Å². The van der Waals surface area contributed by atoms with E-state index in [4.69, 9.17) is 23.2 Å². The number of benzene rings is 2. The molecule has 0 aliphatic carbocycles. The molecule has 2 amide bonds. The lowest BCUT2D eigenvalue weighted by molar-refractivity contribution is -0.140. The number of carbonyl (C=O) groups is 2. The van der Waals surface area contributed by atoms with Crippen molar-refractivity contribution in [3.63, 3.8) is 0 Å². The number of rotatable bonds is 12. The summed E-state index contributed by atoms with van der Waals surface area (Å²) in [5, 5.41) is 3.65. The molecule has 2 aromatic carbocycles. The van der Waals surface area contributed by atoms with Gasteiger partial charge in [-0.25, -0.2) is 8.42 Å². The van der Waals surface area contributed by atoms with Crippen LogP contribution in [0, 0.1) is 0 Å². The Morgan fingerprint density at radius 3 is 2.05 bits per heavy atom. The maximum absolute atomic E-state index is 13.9. The number of anilines is 1. The molecule has 10 heteroatoms. The standard InChI is InChI=1S/C27H37Cl2N3O4S/c1-7-19(5)30-27(34)24(8-2)31(16-21-22(28)13-11-14-23(21)29)26(33)17-32(37(6,35)36)25-15-10-9-12-20(25)18(3)4/h9-15,18-19,24H,7-8,16-17H2,1-6H3,(H,30,34). The first kappa shape index (κ1) is 30.9. The molecule has 37 heavy (non-hydrogen) atoms. The van der Waals surface area contributed by atoms with Gasteiger partial charge in [-0.1, -0.05) is 75.2 Å². The number of amides is 2. The van der Waals surface area contributed by atoms with Gasteiger partial charge in [0.25, 0.3) is 0 Å². The molecule has 0 saturated carbocycles. The fraction of sp³-hybridized carbons (Fsp3) is 0.481. The summed E-state index contributed by atoms with van der Waals surface area (Å²) in [7, 11) is -3.83. The van der Waals surface area contributed by atoms with Crippen LogP contribution in [0.3, 0.4) is 0 Å². The molecule has 2 unspecified atom stereocenters. The first-order chi connectivity index (χ1) is 17.3. The van der Waals surface area contributed by atoms with Gasteiger partial charge < -0.3 is 10.2 Å². The third-order valence-corrected chi connectivity index (χ3v) is 8.12. The fourth-order valence-electron chi connectivity index (χ4n) is 4.01. The van der Waals surface area contributed by atoms with Crippen LogP contribution < -0.4 is 9.62 Å². The van der Waals surface area contributed by atoms with Gasteiger partial charge in [0.15, 0.2) is 0 Å². The molecular weight excluding hydrogens is 533 g/mol. The van der Waals surface area contributed by atoms with E-state index in [0.717, 1.165) is 22.5 Å². The lowest BCUT2D eigenvalue weighted by Gasteiger charge is -2.34. The van der Waals surface area contributed by atoms with E-state index in [9.17, 15) is 18.0 Å². The molecule has 7 nitrogen and oxygen atoms in total. The van der Waals surface area contributed by atoms with Gasteiger partial charge in [-0.05, 0) is 49.4 Å². The van der Waals surface area contributed by atoms with E-state index in [1.165, 1.54) is 4.90 Å². The third-order valence-electron chi connectivity index (χ3n) is 6.28.